The molecule has 1 aromatic rings. The second-order valence-corrected chi connectivity index (χ2v) is 10.1. The summed E-state index contributed by atoms with van der Waals surface area (Å²) < 4.78 is 0. The van der Waals surface area contributed by atoms with Crippen molar-refractivity contribution in [2.24, 2.45) is 11.7 Å². The maximum absolute atomic E-state index is 13.5. The SMILES string of the molecule is CC[C@@H]1NC(=O)[C@H](CCCCN)NC(=O)[C@](C)(NC(=O)C(C)C)CCNC(=O)[C@@H](c2ccccc2)NC1=O. The van der Waals surface area contributed by atoms with E-state index in [1.54, 1.807) is 58.0 Å². The largest absolute Gasteiger partial charge is 0.354 e. The third kappa shape index (κ3) is 8.54. The Morgan fingerprint density at radius 3 is 2.26 bits per heavy atom. The lowest BCUT2D eigenvalue weighted by Gasteiger charge is -2.33. The molecule has 0 radical (unpaired) electrons. The minimum Gasteiger partial charge on any atom is -0.354 e. The standard InChI is InChI=1S/C27H42N6O5/c1-5-19-23(35)32-21(18-11-7-6-8-12-18)25(37)29-16-14-27(4,33-22(34)17(2)3)26(38)31-20(24(36)30-19)13-9-10-15-28/h6-8,11-12,17,19-21H,5,9-10,13-16,28H2,1-4H3,(H,29,37)(H,30,36)(H,31,38)(H,32,35)(H,33,34)/t19-,20-,21+,27+/m0/s1. The summed E-state index contributed by atoms with van der Waals surface area (Å²) >= 11 is 0. The van der Waals surface area contributed by atoms with Gasteiger partial charge in [-0.1, -0.05) is 51.1 Å². The zero-order chi connectivity index (χ0) is 28.3. The molecular formula is C27H42N6O5. The molecule has 1 saturated heterocycles. The van der Waals surface area contributed by atoms with Crippen LogP contribution in [0, 0.1) is 5.92 Å². The monoisotopic (exact) mass is 530 g/mol. The number of nitrogens with one attached hydrogen (secondary N) is 5. The van der Waals surface area contributed by atoms with Crippen LogP contribution in [0.4, 0.5) is 0 Å². The summed E-state index contributed by atoms with van der Waals surface area (Å²) in [6.45, 7) is 7.21. The van der Waals surface area contributed by atoms with Gasteiger partial charge in [0.1, 0.15) is 23.7 Å². The highest BCUT2D eigenvalue weighted by atomic mass is 16.2. The number of unbranched alkanes of at least 4 members (excludes halogenated alkanes) is 1. The predicted molar refractivity (Wildman–Crippen MR) is 143 cm³/mol. The van der Waals surface area contributed by atoms with Crippen molar-refractivity contribution in [3.05, 3.63) is 35.9 Å². The zero-order valence-corrected chi connectivity index (χ0v) is 22.8. The van der Waals surface area contributed by atoms with Gasteiger partial charge in [0.15, 0.2) is 0 Å². The summed E-state index contributed by atoms with van der Waals surface area (Å²) in [5.41, 5.74) is 4.78. The minimum atomic E-state index is -1.40. The highest BCUT2D eigenvalue weighted by Gasteiger charge is 2.38. The van der Waals surface area contributed by atoms with Gasteiger partial charge in [0, 0.05) is 12.5 Å². The van der Waals surface area contributed by atoms with Crippen LogP contribution in [0.5, 0.6) is 0 Å². The summed E-state index contributed by atoms with van der Waals surface area (Å²) in [7, 11) is 0. The van der Waals surface area contributed by atoms with Crippen LogP contribution in [-0.2, 0) is 24.0 Å². The van der Waals surface area contributed by atoms with Gasteiger partial charge < -0.3 is 32.3 Å². The van der Waals surface area contributed by atoms with Gasteiger partial charge in [-0.05, 0) is 51.1 Å². The predicted octanol–water partition coefficient (Wildman–Crippen LogP) is 0.403. The Balaban J connectivity index is 2.45. The smallest absolute Gasteiger partial charge is 0.247 e. The first-order chi connectivity index (χ1) is 18.0. The summed E-state index contributed by atoms with van der Waals surface area (Å²) in [4.78, 5) is 65.8. The summed E-state index contributed by atoms with van der Waals surface area (Å²) in [6, 6.07) is 5.89. The molecule has 0 spiro atoms. The number of benzene rings is 1. The fraction of sp³-hybridized carbons (Fsp3) is 0.593. The van der Waals surface area contributed by atoms with E-state index < -0.39 is 47.3 Å². The molecule has 2 rings (SSSR count). The normalized spacial score (nSPS) is 25.5. The van der Waals surface area contributed by atoms with E-state index in [0.29, 0.717) is 31.4 Å². The molecule has 1 aliphatic heterocycles. The van der Waals surface area contributed by atoms with Crippen molar-refractivity contribution in [3.8, 4) is 0 Å². The molecule has 7 N–H and O–H groups in total. The Labute approximate surface area is 224 Å². The number of amides is 5. The quantitative estimate of drug-likeness (QED) is 0.266. The van der Waals surface area contributed by atoms with Crippen molar-refractivity contribution in [1.82, 2.24) is 26.6 Å². The lowest BCUT2D eigenvalue weighted by Crippen LogP contribution is -2.63. The van der Waals surface area contributed by atoms with Gasteiger partial charge in [0.25, 0.3) is 0 Å². The Kier molecular flexibility index (Phi) is 11.7. The lowest BCUT2D eigenvalue weighted by molar-refractivity contribution is -0.138. The van der Waals surface area contributed by atoms with Crippen LogP contribution in [-0.4, -0.2) is 60.2 Å². The molecule has 1 aromatic carbocycles. The van der Waals surface area contributed by atoms with Gasteiger partial charge in [0.2, 0.25) is 29.5 Å². The summed E-state index contributed by atoms with van der Waals surface area (Å²) in [5.74, 6) is -2.77. The average molecular weight is 531 g/mol. The van der Waals surface area contributed by atoms with E-state index in [1.165, 1.54) is 0 Å². The molecule has 1 heterocycles. The molecule has 0 aliphatic carbocycles. The Bertz CT molecular complexity index is 985. The Morgan fingerprint density at radius 2 is 1.66 bits per heavy atom. The Morgan fingerprint density at radius 1 is 1.00 bits per heavy atom. The van der Waals surface area contributed by atoms with Crippen molar-refractivity contribution in [3.63, 3.8) is 0 Å². The molecular weight excluding hydrogens is 488 g/mol. The molecule has 0 aromatic heterocycles. The maximum atomic E-state index is 13.5. The van der Waals surface area contributed by atoms with Crippen LogP contribution in [0.3, 0.4) is 0 Å². The first-order valence-corrected chi connectivity index (χ1v) is 13.3. The van der Waals surface area contributed by atoms with E-state index in [4.69, 9.17) is 5.73 Å². The van der Waals surface area contributed by atoms with Crippen molar-refractivity contribution in [1.29, 1.82) is 0 Å². The molecule has 210 valence electrons. The molecule has 1 fully saturated rings. The molecule has 4 atom stereocenters. The number of carbonyl (C=O) groups excluding carboxylic acids is 5. The van der Waals surface area contributed by atoms with E-state index >= 15 is 0 Å². The highest BCUT2D eigenvalue weighted by molar-refractivity contribution is 5.97. The van der Waals surface area contributed by atoms with Crippen molar-refractivity contribution >= 4 is 29.5 Å². The third-order valence-electron chi connectivity index (χ3n) is 6.64. The number of hydrogen-bond acceptors (Lipinski definition) is 6. The average Bonchev–Trinajstić information content (AvgIpc) is 2.89. The van der Waals surface area contributed by atoms with Crippen LogP contribution >= 0.6 is 0 Å². The van der Waals surface area contributed by atoms with E-state index in [-0.39, 0.29) is 31.2 Å². The van der Waals surface area contributed by atoms with Crippen LogP contribution < -0.4 is 32.3 Å². The topological polar surface area (TPSA) is 172 Å². The first kappa shape index (κ1) is 30.8. The molecule has 0 bridgehead atoms. The van der Waals surface area contributed by atoms with Crippen LogP contribution in [0.25, 0.3) is 0 Å². The number of rotatable bonds is 8. The molecule has 0 unspecified atom stereocenters. The Hall–Kier alpha value is -3.47. The number of nitrogens with two attached hydrogens (primary N) is 1. The fourth-order valence-electron chi connectivity index (χ4n) is 4.08. The molecule has 5 amide bonds. The molecule has 11 heteroatoms. The van der Waals surface area contributed by atoms with E-state index in [0.717, 1.165) is 0 Å². The lowest BCUT2D eigenvalue weighted by atomic mass is 9.93. The minimum absolute atomic E-state index is 0.0432. The molecule has 11 nitrogen and oxygen atoms in total. The number of carbonyl (C=O) groups is 5. The third-order valence-corrected chi connectivity index (χ3v) is 6.64. The van der Waals surface area contributed by atoms with Crippen molar-refractivity contribution < 1.29 is 24.0 Å². The molecule has 0 saturated carbocycles. The van der Waals surface area contributed by atoms with Gasteiger partial charge in [-0.3, -0.25) is 24.0 Å². The van der Waals surface area contributed by atoms with E-state index in [9.17, 15) is 24.0 Å². The van der Waals surface area contributed by atoms with Crippen molar-refractivity contribution in [2.45, 2.75) is 83.5 Å². The van der Waals surface area contributed by atoms with E-state index in [1.807, 2.05) is 0 Å². The number of hydrogen-bond donors (Lipinski definition) is 6. The van der Waals surface area contributed by atoms with Crippen LogP contribution in [0.2, 0.25) is 0 Å². The summed E-state index contributed by atoms with van der Waals surface area (Å²) in [6.07, 6.45) is 1.88. The van der Waals surface area contributed by atoms with Crippen molar-refractivity contribution in [2.75, 3.05) is 13.1 Å². The highest BCUT2D eigenvalue weighted by Crippen LogP contribution is 2.17. The van der Waals surface area contributed by atoms with Gasteiger partial charge in [-0.15, -0.1) is 0 Å². The fourth-order valence-corrected chi connectivity index (χ4v) is 4.08. The van der Waals surface area contributed by atoms with E-state index in [2.05, 4.69) is 26.6 Å². The van der Waals surface area contributed by atoms with Gasteiger partial charge in [-0.25, -0.2) is 0 Å². The first-order valence-electron chi connectivity index (χ1n) is 13.3. The molecule has 1 aliphatic rings. The van der Waals surface area contributed by atoms with Gasteiger partial charge in [0.05, 0.1) is 0 Å². The second kappa shape index (κ2) is 14.5. The second-order valence-electron chi connectivity index (χ2n) is 10.1. The molecule has 38 heavy (non-hydrogen) atoms. The van der Waals surface area contributed by atoms with Gasteiger partial charge in [-0.2, -0.15) is 0 Å². The summed E-state index contributed by atoms with van der Waals surface area (Å²) in [5, 5.41) is 13.8. The zero-order valence-electron chi connectivity index (χ0n) is 22.8. The van der Waals surface area contributed by atoms with Crippen LogP contribution in [0.15, 0.2) is 30.3 Å². The van der Waals surface area contributed by atoms with Gasteiger partial charge >= 0.3 is 0 Å². The maximum Gasteiger partial charge on any atom is 0.247 e. The van der Waals surface area contributed by atoms with Crippen LogP contribution in [0.1, 0.15) is 71.4 Å².